The fourth-order valence-corrected chi connectivity index (χ4v) is 5.77. The highest BCUT2D eigenvalue weighted by atomic mass is 35.5. The van der Waals surface area contributed by atoms with Crippen LogP contribution in [-0.2, 0) is 35.2 Å². The van der Waals surface area contributed by atoms with Crippen LogP contribution in [0.4, 0.5) is 4.79 Å². The summed E-state index contributed by atoms with van der Waals surface area (Å²) < 4.78 is 17.9. The molecule has 1 saturated carbocycles. The van der Waals surface area contributed by atoms with Crippen LogP contribution in [0.2, 0.25) is 5.15 Å². The van der Waals surface area contributed by atoms with Crippen molar-refractivity contribution in [3.05, 3.63) is 53.7 Å². The number of carbonyl (C=O) groups is 4. The summed E-state index contributed by atoms with van der Waals surface area (Å²) in [5.74, 6) is -4.99. The Morgan fingerprint density at radius 2 is 1.62 bits per heavy atom. The zero-order chi connectivity index (χ0) is 35.4. The van der Waals surface area contributed by atoms with E-state index in [4.69, 9.17) is 25.8 Å². The summed E-state index contributed by atoms with van der Waals surface area (Å²) in [5.41, 5.74) is -0.501. The molecule has 0 bridgehead atoms. The Hall–Kier alpha value is -4.14. The quantitative estimate of drug-likeness (QED) is 0.115. The van der Waals surface area contributed by atoms with Crippen LogP contribution in [0.5, 0.6) is 0 Å². The van der Waals surface area contributed by atoms with Crippen molar-refractivity contribution in [3.8, 4) is 0 Å². The van der Waals surface area contributed by atoms with E-state index in [9.17, 15) is 29.4 Å². The van der Waals surface area contributed by atoms with Gasteiger partial charge in [-0.1, -0.05) is 41.9 Å². The van der Waals surface area contributed by atoms with E-state index in [1.165, 1.54) is 17.2 Å². The zero-order valence-corrected chi connectivity index (χ0v) is 28.5. The summed E-state index contributed by atoms with van der Waals surface area (Å²) in [7, 11) is 0. The molecule has 2 aromatic heterocycles. The Morgan fingerprint density at radius 1 is 0.958 bits per heavy atom. The molecule has 1 amide bonds. The van der Waals surface area contributed by atoms with E-state index in [1.807, 2.05) is 0 Å². The van der Waals surface area contributed by atoms with E-state index in [2.05, 4.69) is 20.3 Å². The number of Topliss-reactive ketones (excluding diaryl/α,β-unsaturated/α-hetero) is 1. The number of imidazole rings is 1. The Bertz CT molecular complexity index is 1620. The number of hydrogen-bond acceptors (Lipinski definition) is 12. The van der Waals surface area contributed by atoms with Crippen LogP contribution in [0.1, 0.15) is 72.4 Å². The number of aliphatic hydroxyl groups is 2. The van der Waals surface area contributed by atoms with Crippen LogP contribution in [-0.4, -0.2) is 83.0 Å². The van der Waals surface area contributed by atoms with Gasteiger partial charge in [0.1, 0.15) is 53.5 Å². The standard InChI is InChI=1S/C33H42ClN5O9/c1-32(2,3)47-29(43)20(38-31(45)48-33(4,5)6)12-13-22(40)23(30(44)46-15-18-10-8-7-9-11-18)19-14-21(26(42)25(19)41)39-17-37-24-27(34)35-16-36-28(24)39/h7-11,16-17,19-21,23,25-26,41-42H,12-15H2,1-6H3,(H,38,45)/t19-,20+,21-,23?,25+,26-/m1/s1. The third-order valence-electron chi connectivity index (χ3n) is 7.68. The zero-order valence-electron chi connectivity index (χ0n) is 27.8. The number of amides is 1. The number of esters is 2. The van der Waals surface area contributed by atoms with Gasteiger partial charge in [-0.25, -0.2) is 24.5 Å². The third kappa shape index (κ3) is 9.26. The first-order chi connectivity index (χ1) is 22.4. The normalized spacial score (nSPS) is 20.9. The monoisotopic (exact) mass is 687 g/mol. The number of nitrogens with zero attached hydrogens (tertiary/aromatic N) is 4. The van der Waals surface area contributed by atoms with Crippen molar-refractivity contribution in [2.75, 3.05) is 0 Å². The highest BCUT2D eigenvalue weighted by Crippen LogP contribution is 2.42. The lowest BCUT2D eigenvalue weighted by atomic mass is 9.83. The highest BCUT2D eigenvalue weighted by Gasteiger charge is 2.51. The average Bonchev–Trinajstić information content (AvgIpc) is 3.54. The molecule has 1 aliphatic carbocycles. The molecule has 0 aliphatic heterocycles. The number of fused-ring (bicyclic) bond motifs is 1. The molecule has 1 fully saturated rings. The predicted molar refractivity (Wildman–Crippen MR) is 172 cm³/mol. The van der Waals surface area contributed by atoms with Crippen molar-refractivity contribution in [1.29, 1.82) is 0 Å². The van der Waals surface area contributed by atoms with Gasteiger partial charge < -0.3 is 34.3 Å². The maximum Gasteiger partial charge on any atom is 0.408 e. The van der Waals surface area contributed by atoms with Crippen molar-refractivity contribution in [1.82, 2.24) is 24.8 Å². The number of benzene rings is 1. The predicted octanol–water partition coefficient (Wildman–Crippen LogP) is 3.71. The van der Waals surface area contributed by atoms with E-state index in [0.717, 1.165) is 0 Å². The van der Waals surface area contributed by atoms with Crippen molar-refractivity contribution in [2.24, 2.45) is 11.8 Å². The van der Waals surface area contributed by atoms with E-state index in [1.54, 1.807) is 71.9 Å². The lowest BCUT2D eigenvalue weighted by Crippen LogP contribution is -2.46. The Labute approximate surface area is 283 Å². The average molecular weight is 688 g/mol. The van der Waals surface area contributed by atoms with Crippen molar-refractivity contribution < 1.29 is 43.6 Å². The van der Waals surface area contributed by atoms with Crippen molar-refractivity contribution in [3.63, 3.8) is 0 Å². The number of ketones is 1. The fraction of sp³-hybridized carbons (Fsp3) is 0.545. The summed E-state index contributed by atoms with van der Waals surface area (Å²) >= 11 is 6.16. The second-order valence-corrected chi connectivity index (χ2v) is 14.1. The molecule has 1 aliphatic rings. The van der Waals surface area contributed by atoms with Gasteiger partial charge in [0.05, 0.1) is 18.5 Å². The van der Waals surface area contributed by atoms with Gasteiger partial charge in [0, 0.05) is 12.3 Å². The largest absolute Gasteiger partial charge is 0.460 e. The van der Waals surface area contributed by atoms with Crippen LogP contribution in [0.15, 0.2) is 43.0 Å². The van der Waals surface area contributed by atoms with Gasteiger partial charge >= 0.3 is 18.0 Å². The smallest absolute Gasteiger partial charge is 0.408 e. The van der Waals surface area contributed by atoms with Crippen LogP contribution in [0.25, 0.3) is 11.2 Å². The topological polar surface area (TPSA) is 192 Å². The van der Waals surface area contributed by atoms with Crippen LogP contribution >= 0.6 is 11.6 Å². The van der Waals surface area contributed by atoms with Crippen molar-refractivity contribution in [2.45, 2.75) is 103 Å². The van der Waals surface area contributed by atoms with Crippen LogP contribution in [0, 0.1) is 11.8 Å². The van der Waals surface area contributed by atoms with Gasteiger partial charge in [-0.3, -0.25) is 9.59 Å². The number of aromatic nitrogens is 4. The number of hydrogen-bond donors (Lipinski definition) is 3. The van der Waals surface area contributed by atoms with Crippen molar-refractivity contribution >= 4 is 46.6 Å². The van der Waals surface area contributed by atoms with E-state index in [0.29, 0.717) is 11.2 Å². The molecule has 4 rings (SSSR count). The highest BCUT2D eigenvalue weighted by molar-refractivity contribution is 6.33. The lowest BCUT2D eigenvalue weighted by molar-refractivity contribution is -0.158. The van der Waals surface area contributed by atoms with Gasteiger partial charge in [0.2, 0.25) is 0 Å². The summed E-state index contributed by atoms with van der Waals surface area (Å²) in [6, 6.07) is 6.72. The first-order valence-corrected chi connectivity index (χ1v) is 16.0. The molecule has 2 heterocycles. The summed E-state index contributed by atoms with van der Waals surface area (Å²) in [6.45, 7) is 9.82. The third-order valence-corrected chi connectivity index (χ3v) is 7.96. The maximum atomic E-state index is 14.0. The first kappa shape index (κ1) is 36.7. The molecule has 48 heavy (non-hydrogen) atoms. The lowest BCUT2D eigenvalue weighted by Gasteiger charge is -2.27. The van der Waals surface area contributed by atoms with E-state index < -0.39 is 71.1 Å². The number of rotatable bonds is 11. The summed E-state index contributed by atoms with van der Waals surface area (Å²) in [5, 5.41) is 25.0. The molecule has 0 radical (unpaired) electrons. The molecule has 15 heteroatoms. The molecule has 3 N–H and O–H groups in total. The molecular weight excluding hydrogens is 646 g/mol. The second kappa shape index (κ2) is 15.0. The molecule has 6 atom stereocenters. The van der Waals surface area contributed by atoms with Gasteiger partial charge in [0.25, 0.3) is 0 Å². The number of aliphatic hydroxyl groups excluding tert-OH is 2. The minimum atomic E-state index is -1.53. The fourth-order valence-electron chi connectivity index (χ4n) is 5.59. The van der Waals surface area contributed by atoms with E-state index in [-0.39, 0.29) is 36.5 Å². The Balaban J connectivity index is 1.60. The minimum Gasteiger partial charge on any atom is -0.460 e. The molecule has 260 valence electrons. The first-order valence-electron chi connectivity index (χ1n) is 15.6. The Morgan fingerprint density at radius 3 is 2.27 bits per heavy atom. The molecule has 1 aromatic carbocycles. The molecule has 0 saturated heterocycles. The number of nitrogens with one attached hydrogen (secondary N) is 1. The van der Waals surface area contributed by atoms with E-state index >= 15 is 0 Å². The molecule has 1 unspecified atom stereocenters. The second-order valence-electron chi connectivity index (χ2n) is 13.7. The molecule has 0 spiro atoms. The van der Waals surface area contributed by atoms with Crippen LogP contribution in [0.3, 0.4) is 0 Å². The summed E-state index contributed by atoms with van der Waals surface area (Å²) in [6.07, 6.45) is -1.86. The summed E-state index contributed by atoms with van der Waals surface area (Å²) in [4.78, 5) is 65.7. The molecular formula is C33H42ClN5O9. The number of carbonyl (C=O) groups excluding carboxylic acids is 4. The number of alkyl carbamates (subject to hydrolysis) is 1. The minimum absolute atomic E-state index is 0.0298. The molecule has 3 aromatic rings. The maximum absolute atomic E-state index is 14.0. The SMILES string of the molecule is CC(C)(C)OC(=O)N[C@@H](CCC(=O)C(C(=O)OCc1ccccc1)[C@H]1C[C@@H](n2cnc3c(Cl)ncnc32)[C@@H](O)[C@H]1O)C(=O)OC(C)(C)C. The van der Waals surface area contributed by atoms with Gasteiger partial charge in [-0.2, -0.15) is 0 Å². The van der Waals surface area contributed by atoms with Crippen LogP contribution < -0.4 is 5.32 Å². The molecule has 14 nitrogen and oxygen atoms in total. The Kier molecular flexibility index (Phi) is 11.4. The van der Waals surface area contributed by atoms with Gasteiger partial charge in [-0.05, 0) is 59.9 Å². The number of halogens is 1. The number of ether oxygens (including phenoxy) is 3. The van der Waals surface area contributed by atoms with Gasteiger partial charge in [-0.15, -0.1) is 0 Å². The van der Waals surface area contributed by atoms with Gasteiger partial charge in [0.15, 0.2) is 10.8 Å².